The Kier molecular flexibility index (Phi) is 7.28. The van der Waals surface area contributed by atoms with Gasteiger partial charge in [-0.3, -0.25) is 4.90 Å². The van der Waals surface area contributed by atoms with Crippen molar-refractivity contribution in [2.75, 3.05) is 56.0 Å². The number of benzene rings is 3. The molecule has 42 heavy (non-hydrogen) atoms. The number of rotatable bonds is 9. The lowest BCUT2D eigenvalue weighted by Crippen LogP contribution is -2.38. The fourth-order valence-corrected chi connectivity index (χ4v) is 6.24. The first-order chi connectivity index (χ1) is 20.5. The van der Waals surface area contributed by atoms with Gasteiger partial charge in [0, 0.05) is 24.2 Å². The van der Waals surface area contributed by atoms with Crippen LogP contribution < -0.4 is 37.9 Å². The van der Waals surface area contributed by atoms with Crippen molar-refractivity contribution in [1.29, 1.82) is 0 Å². The molecule has 222 valence electrons. The van der Waals surface area contributed by atoms with Crippen LogP contribution in [0.5, 0.6) is 46.0 Å². The zero-order chi connectivity index (χ0) is 29.5. The number of carbonyl (C=O) groups excluding carboxylic acids is 1. The summed E-state index contributed by atoms with van der Waals surface area (Å²) in [6.07, 6.45) is 0.0329. The van der Waals surface area contributed by atoms with Gasteiger partial charge in [0.15, 0.2) is 34.5 Å². The number of ether oxygens (including phenoxy) is 9. The number of fused-ring (bicyclic) bond motifs is 3. The lowest BCUT2D eigenvalue weighted by Gasteiger charge is -2.40. The lowest BCUT2D eigenvalue weighted by atomic mass is 9.84. The van der Waals surface area contributed by atoms with Crippen LogP contribution in [0.1, 0.15) is 44.8 Å². The Labute approximate surface area is 243 Å². The van der Waals surface area contributed by atoms with E-state index in [1.54, 1.807) is 34.5 Å². The fraction of sp³-hybridized carbons (Fsp3) is 0.387. The van der Waals surface area contributed by atoms with Crippen LogP contribution in [0, 0.1) is 0 Å². The van der Waals surface area contributed by atoms with Gasteiger partial charge in [0.05, 0.1) is 48.7 Å². The SMILES string of the molecule is COc1cc(CN2CCc3cc4c(c(OC)c3[C@@H]2C2OC(=O)c3c2ccc(OC)c3OC)OCO4)cc(OC)c1OC. The number of nitrogens with zero attached hydrogens (tertiary/aromatic N) is 1. The molecule has 3 aliphatic rings. The molecule has 0 aromatic heterocycles. The van der Waals surface area contributed by atoms with Gasteiger partial charge < -0.3 is 42.6 Å². The number of methoxy groups -OCH3 is 6. The predicted molar refractivity (Wildman–Crippen MR) is 150 cm³/mol. The maximum atomic E-state index is 13.4. The normalized spacial score (nSPS) is 18.6. The van der Waals surface area contributed by atoms with Crippen LogP contribution in [0.25, 0.3) is 0 Å². The minimum atomic E-state index is -0.678. The molecule has 3 heterocycles. The standard InChI is InChI=1S/C31H33NO10/c1-34-19-8-7-18-24(28(19)38-5)31(33)42-26(18)25-23-17(13-22-29(30(23)39-6)41-15-40-22)9-10-32(25)14-16-11-20(35-2)27(37-4)21(12-16)36-3/h7-8,11-13,25-26H,9-10,14-15H2,1-6H3/t25-,26?/m1/s1. The average molecular weight is 580 g/mol. The molecule has 0 saturated heterocycles. The predicted octanol–water partition coefficient (Wildman–Crippen LogP) is 4.48. The number of carbonyl (C=O) groups is 1. The van der Waals surface area contributed by atoms with E-state index in [9.17, 15) is 4.79 Å². The third kappa shape index (κ3) is 4.27. The summed E-state index contributed by atoms with van der Waals surface area (Å²) in [6, 6.07) is 9.05. The molecule has 11 heteroatoms. The van der Waals surface area contributed by atoms with E-state index in [0.29, 0.717) is 76.6 Å². The Morgan fingerprint density at radius 1 is 0.810 bits per heavy atom. The first-order valence-corrected chi connectivity index (χ1v) is 13.5. The third-order valence-electron chi connectivity index (χ3n) is 8.02. The van der Waals surface area contributed by atoms with Crippen molar-refractivity contribution in [3.05, 3.63) is 58.1 Å². The van der Waals surface area contributed by atoms with Crippen molar-refractivity contribution in [2.24, 2.45) is 0 Å². The van der Waals surface area contributed by atoms with E-state index >= 15 is 0 Å². The van der Waals surface area contributed by atoms with E-state index in [1.807, 2.05) is 24.3 Å². The highest BCUT2D eigenvalue weighted by Crippen LogP contribution is 2.56. The molecular formula is C31H33NO10. The summed E-state index contributed by atoms with van der Waals surface area (Å²) < 4.78 is 51.5. The van der Waals surface area contributed by atoms with Gasteiger partial charge in [-0.1, -0.05) is 6.07 Å². The summed E-state index contributed by atoms with van der Waals surface area (Å²) in [5.74, 6) is 3.66. The van der Waals surface area contributed by atoms with Crippen LogP contribution in [-0.4, -0.2) is 66.9 Å². The molecule has 2 atom stereocenters. The van der Waals surface area contributed by atoms with Crippen molar-refractivity contribution in [3.63, 3.8) is 0 Å². The molecule has 11 nitrogen and oxygen atoms in total. The second-order valence-corrected chi connectivity index (χ2v) is 10.0. The summed E-state index contributed by atoms with van der Waals surface area (Å²) in [7, 11) is 9.40. The van der Waals surface area contributed by atoms with Crippen molar-refractivity contribution < 1.29 is 47.4 Å². The smallest absolute Gasteiger partial charge is 0.343 e. The van der Waals surface area contributed by atoms with Gasteiger partial charge in [-0.2, -0.15) is 0 Å². The quantitative estimate of drug-likeness (QED) is 0.335. The largest absolute Gasteiger partial charge is 0.493 e. The Bertz CT molecular complexity index is 1510. The molecule has 0 spiro atoms. The Hall–Kier alpha value is -4.51. The molecule has 0 fully saturated rings. The first kappa shape index (κ1) is 27.6. The highest BCUT2D eigenvalue weighted by Gasteiger charge is 2.47. The maximum absolute atomic E-state index is 13.4. The van der Waals surface area contributed by atoms with Crippen LogP contribution in [0.15, 0.2) is 30.3 Å². The molecule has 0 bridgehead atoms. The van der Waals surface area contributed by atoms with E-state index in [1.165, 1.54) is 14.2 Å². The zero-order valence-corrected chi connectivity index (χ0v) is 24.4. The van der Waals surface area contributed by atoms with Gasteiger partial charge in [-0.15, -0.1) is 0 Å². The van der Waals surface area contributed by atoms with E-state index in [0.717, 1.165) is 16.7 Å². The molecule has 3 aromatic rings. The summed E-state index contributed by atoms with van der Waals surface area (Å²) in [5, 5.41) is 0. The van der Waals surface area contributed by atoms with Crippen LogP contribution >= 0.6 is 0 Å². The molecule has 6 rings (SSSR count). The van der Waals surface area contributed by atoms with Gasteiger partial charge in [0.25, 0.3) is 0 Å². The van der Waals surface area contributed by atoms with Crippen molar-refractivity contribution in [1.82, 2.24) is 4.90 Å². The third-order valence-corrected chi connectivity index (χ3v) is 8.02. The van der Waals surface area contributed by atoms with Crippen LogP contribution in [0.2, 0.25) is 0 Å². The number of hydrogen-bond acceptors (Lipinski definition) is 11. The second kappa shape index (κ2) is 11.1. The Balaban J connectivity index is 1.51. The van der Waals surface area contributed by atoms with Gasteiger partial charge in [0.2, 0.25) is 18.3 Å². The minimum absolute atomic E-state index is 0.104. The number of esters is 1. The average Bonchev–Trinajstić information content (AvgIpc) is 3.62. The Morgan fingerprint density at radius 3 is 2.14 bits per heavy atom. The van der Waals surface area contributed by atoms with E-state index < -0.39 is 18.1 Å². The van der Waals surface area contributed by atoms with Gasteiger partial charge in [-0.25, -0.2) is 4.79 Å². The molecule has 1 unspecified atom stereocenters. The van der Waals surface area contributed by atoms with Gasteiger partial charge in [0.1, 0.15) is 11.7 Å². The summed E-state index contributed by atoms with van der Waals surface area (Å²) in [5.41, 5.74) is 3.88. The van der Waals surface area contributed by atoms with Crippen LogP contribution in [0.3, 0.4) is 0 Å². The topological polar surface area (TPSA) is 103 Å². The minimum Gasteiger partial charge on any atom is -0.493 e. The molecule has 3 aliphatic heterocycles. The lowest BCUT2D eigenvalue weighted by molar-refractivity contribution is 0.000505. The Morgan fingerprint density at radius 2 is 1.50 bits per heavy atom. The first-order valence-electron chi connectivity index (χ1n) is 13.5. The summed E-state index contributed by atoms with van der Waals surface area (Å²) in [4.78, 5) is 15.7. The number of cyclic esters (lactones) is 1. The molecule has 0 amide bonds. The molecule has 0 radical (unpaired) electrons. The highest BCUT2D eigenvalue weighted by atomic mass is 16.7. The van der Waals surface area contributed by atoms with E-state index in [4.69, 9.17) is 42.6 Å². The van der Waals surface area contributed by atoms with Crippen molar-refractivity contribution in [3.8, 4) is 46.0 Å². The zero-order valence-electron chi connectivity index (χ0n) is 24.4. The molecule has 3 aromatic carbocycles. The van der Waals surface area contributed by atoms with E-state index in [-0.39, 0.29) is 6.79 Å². The molecular weight excluding hydrogens is 546 g/mol. The fourth-order valence-electron chi connectivity index (χ4n) is 6.24. The summed E-state index contributed by atoms with van der Waals surface area (Å²) >= 11 is 0. The summed E-state index contributed by atoms with van der Waals surface area (Å²) in [6.45, 7) is 1.25. The van der Waals surface area contributed by atoms with Crippen molar-refractivity contribution >= 4 is 5.97 Å². The number of hydrogen-bond donors (Lipinski definition) is 0. The monoisotopic (exact) mass is 579 g/mol. The van der Waals surface area contributed by atoms with Crippen LogP contribution in [-0.2, 0) is 17.7 Å². The molecule has 0 aliphatic carbocycles. The van der Waals surface area contributed by atoms with Crippen LogP contribution in [0.4, 0.5) is 0 Å². The second-order valence-electron chi connectivity index (χ2n) is 10.0. The molecule has 0 saturated carbocycles. The van der Waals surface area contributed by atoms with E-state index in [2.05, 4.69) is 4.90 Å². The maximum Gasteiger partial charge on any atom is 0.343 e. The van der Waals surface area contributed by atoms with Gasteiger partial charge >= 0.3 is 5.97 Å². The highest BCUT2D eigenvalue weighted by molar-refractivity contribution is 5.98. The van der Waals surface area contributed by atoms with Gasteiger partial charge in [-0.05, 0) is 41.8 Å². The molecule has 0 N–H and O–H groups in total. The van der Waals surface area contributed by atoms with Crippen molar-refractivity contribution in [2.45, 2.75) is 25.1 Å².